The van der Waals surface area contributed by atoms with Crippen LogP contribution in [0.3, 0.4) is 0 Å². The summed E-state index contributed by atoms with van der Waals surface area (Å²) >= 11 is 0. The van der Waals surface area contributed by atoms with Crippen LogP contribution >= 0.6 is 0 Å². The molecule has 0 fully saturated rings. The Bertz CT molecular complexity index is 749. The Labute approximate surface area is 154 Å². The van der Waals surface area contributed by atoms with E-state index in [1.807, 2.05) is 7.05 Å². The van der Waals surface area contributed by atoms with E-state index in [0.29, 0.717) is 23.0 Å². The van der Waals surface area contributed by atoms with Gasteiger partial charge in [-0.1, -0.05) is 20.8 Å². The summed E-state index contributed by atoms with van der Waals surface area (Å²) in [5, 5.41) is 2.85. The molecule has 0 saturated carbocycles. The highest BCUT2D eigenvalue weighted by atomic mass is 16.5. The second kappa shape index (κ2) is 8.03. The summed E-state index contributed by atoms with van der Waals surface area (Å²) in [4.78, 5) is 23.0. The Kier molecular flexibility index (Phi) is 6.02. The lowest BCUT2D eigenvalue weighted by molar-refractivity contribution is -0.114. The summed E-state index contributed by atoms with van der Waals surface area (Å²) in [6.07, 6.45) is 1.71. The summed E-state index contributed by atoms with van der Waals surface area (Å²) in [5.74, 6) is 2.49. The maximum absolute atomic E-state index is 12.4. The van der Waals surface area contributed by atoms with Gasteiger partial charge >= 0.3 is 0 Å². The summed E-state index contributed by atoms with van der Waals surface area (Å²) in [6, 6.07) is 7.01. The van der Waals surface area contributed by atoms with Gasteiger partial charge < -0.3 is 19.7 Å². The number of amides is 1. The number of likely N-dealkylation sites (N-methyl/N-ethyl adjacent to an activating group) is 1. The number of anilines is 2. The third kappa shape index (κ3) is 5.08. The van der Waals surface area contributed by atoms with Gasteiger partial charge in [0.05, 0.1) is 20.8 Å². The minimum atomic E-state index is -0.168. The molecule has 0 aliphatic carbocycles. The largest absolute Gasteiger partial charge is 0.497 e. The van der Waals surface area contributed by atoms with Crippen LogP contribution in [0, 0.1) is 0 Å². The molecule has 0 aliphatic rings. The highest BCUT2D eigenvalue weighted by Crippen LogP contribution is 2.26. The molecule has 1 N–H and O–H groups in total. The molecule has 1 heterocycles. The Hall–Kier alpha value is -2.83. The van der Waals surface area contributed by atoms with Crippen LogP contribution in [0.25, 0.3) is 0 Å². The Morgan fingerprint density at radius 3 is 2.31 bits per heavy atom. The normalized spacial score (nSPS) is 11.0. The molecule has 0 unspecified atom stereocenters. The minimum absolute atomic E-state index is 0.153. The number of rotatable bonds is 6. The molecule has 2 rings (SSSR count). The molecular weight excluding hydrogens is 332 g/mol. The molecule has 26 heavy (non-hydrogen) atoms. The lowest BCUT2D eigenvalue weighted by atomic mass is 9.96. The van der Waals surface area contributed by atoms with Crippen molar-refractivity contribution in [2.75, 3.05) is 38.0 Å². The number of nitrogens with zero attached hydrogens (tertiary/aromatic N) is 3. The van der Waals surface area contributed by atoms with Crippen LogP contribution in [0.1, 0.15) is 26.6 Å². The van der Waals surface area contributed by atoms with Crippen LogP contribution in [0.5, 0.6) is 11.5 Å². The molecule has 0 atom stereocenters. The molecule has 0 radical (unpaired) electrons. The second-order valence-corrected chi connectivity index (χ2v) is 6.99. The predicted molar refractivity (Wildman–Crippen MR) is 102 cm³/mol. The number of hydrogen-bond acceptors (Lipinski definition) is 6. The van der Waals surface area contributed by atoms with Crippen molar-refractivity contribution in [2.45, 2.75) is 26.2 Å². The van der Waals surface area contributed by atoms with E-state index in [2.05, 4.69) is 36.1 Å². The van der Waals surface area contributed by atoms with Gasteiger partial charge in [-0.3, -0.25) is 4.79 Å². The Balaban J connectivity index is 2.08. The Morgan fingerprint density at radius 2 is 1.77 bits per heavy atom. The lowest BCUT2D eigenvalue weighted by Gasteiger charge is -2.21. The summed E-state index contributed by atoms with van der Waals surface area (Å²) in [5.41, 5.74) is 0.452. The van der Waals surface area contributed by atoms with Gasteiger partial charge in [0.1, 0.15) is 23.1 Å². The van der Waals surface area contributed by atoms with Crippen LogP contribution in [-0.2, 0) is 10.2 Å². The number of carbonyl (C=O) groups excluding carboxylic acids is 1. The molecule has 0 spiro atoms. The molecule has 1 aromatic carbocycles. The minimum Gasteiger partial charge on any atom is -0.497 e. The smallest absolute Gasteiger partial charge is 0.243 e. The van der Waals surface area contributed by atoms with E-state index in [-0.39, 0.29) is 17.9 Å². The van der Waals surface area contributed by atoms with Crippen LogP contribution in [-0.4, -0.2) is 43.7 Å². The maximum Gasteiger partial charge on any atom is 0.243 e. The second-order valence-electron chi connectivity index (χ2n) is 6.99. The number of carbonyl (C=O) groups is 1. The van der Waals surface area contributed by atoms with Crippen molar-refractivity contribution < 1.29 is 14.3 Å². The number of nitrogens with one attached hydrogen (secondary N) is 1. The third-order valence-electron chi connectivity index (χ3n) is 3.72. The van der Waals surface area contributed by atoms with Gasteiger partial charge in [-0.25, -0.2) is 9.97 Å². The highest BCUT2D eigenvalue weighted by Gasteiger charge is 2.19. The zero-order valence-corrected chi connectivity index (χ0v) is 16.2. The summed E-state index contributed by atoms with van der Waals surface area (Å²) in [6.45, 7) is 6.30. The van der Waals surface area contributed by atoms with E-state index >= 15 is 0 Å². The monoisotopic (exact) mass is 358 g/mol. The zero-order valence-electron chi connectivity index (χ0n) is 16.2. The van der Waals surface area contributed by atoms with E-state index in [4.69, 9.17) is 9.47 Å². The van der Waals surface area contributed by atoms with Crippen LogP contribution in [0.2, 0.25) is 0 Å². The van der Waals surface area contributed by atoms with Gasteiger partial charge in [-0.2, -0.15) is 0 Å². The first-order valence-corrected chi connectivity index (χ1v) is 8.30. The SMILES string of the molecule is COc1cc(NC(=O)CN(C)c2ccnc(C(C)(C)C)n2)cc(OC)c1. The third-order valence-corrected chi connectivity index (χ3v) is 3.72. The molecule has 7 nitrogen and oxygen atoms in total. The van der Waals surface area contributed by atoms with Gasteiger partial charge in [0.2, 0.25) is 5.91 Å². The topological polar surface area (TPSA) is 76.6 Å². The standard InChI is InChI=1S/C19H26N4O3/c1-19(2,3)18-20-8-7-16(22-18)23(4)12-17(24)21-13-9-14(25-5)11-15(10-13)26-6/h7-11H,12H2,1-6H3,(H,21,24). The molecular formula is C19H26N4O3. The fraction of sp³-hybridized carbons (Fsp3) is 0.421. The van der Waals surface area contributed by atoms with Gasteiger partial charge in [0.15, 0.2) is 0 Å². The Morgan fingerprint density at radius 1 is 1.15 bits per heavy atom. The average Bonchev–Trinajstić information content (AvgIpc) is 2.60. The molecule has 2 aromatic rings. The summed E-state index contributed by atoms with van der Waals surface area (Å²) in [7, 11) is 4.95. The zero-order chi connectivity index (χ0) is 19.3. The number of aromatic nitrogens is 2. The highest BCUT2D eigenvalue weighted by molar-refractivity contribution is 5.94. The van der Waals surface area contributed by atoms with Crippen molar-refractivity contribution in [3.8, 4) is 11.5 Å². The van der Waals surface area contributed by atoms with E-state index < -0.39 is 0 Å². The van der Waals surface area contributed by atoms with Crippen molar-refractivity contribution >= 4 is 17.4 Å². The first-order valence-electron chi connectivity index (χ1n) is 8.30. The molecule has 7 heteroatoms. The van der Waals surface area contributed by atoms with E-state index in [0.717, 1.165) is 5.82 Å². The van der Waals surface area contributed by atoms with E-state index in [1.165, 1.54) is 0 Å². The number of ether oxygens (including phenoxy) is 2. The van der Waals surface area contributed by atoms with Crippen molar-refractivity contribution in [1.29, 1.82) is 0 Å². The van der Waals surface area contributed by atoms with E-state index in [9.17, 15) is 4.79 Å². The molecule has 0 bridgehead atoms. The fourth-order valence-corrected chi connectivity index (χ4v) is 2.30. The van der Waals surface area contributed by atoms with E-state index in [1.54, 1.807) is 49.6 Å². The molecule has 1 aromatic heterocycles. The van der Waals surface area contributed by atoms with Gasteiger partial charge in [0, 0.05) is 42.5 Å². The molecule has 0 aliphatic heterocycles. The van der Waals surface area contributed by atoms with Crippen molar-refractivity contribution in [2.24, 2.45) is 0 Å². The predicted octanol–water partition coefficient (Wildman–Crippen LogP) is 2.87. The van der Waals surface area contributed by atoms with Crippen LogP contribution in [0.4, 0.5) is 11.5 Å². The molecule has 0 saturated heterocycles. The van der Waals surface area contributed by atoms with Crippen molar-refractivity contribution in [3.63, 3.8) is 0 Å². The number of methoxy groups -OCH3 is 2. The first-order chi connectivity index (χ1) is 12.2. The molecule has 140 valence electrons. The first kappa shape index (κ1) is 19.5. The van der Waals surface area contributed by atoms with Crippen LogP contribution in [0.15, 0.2) is 30.5 Å². The number of hydrogen-bond donors (Lipinski definition) is 1. The van der Waals surface area contributed by atoms with Crippen molar-refractivity contribution in [3.05, 3.63) is 36.3 Å². The average molecular weight is 358 g/mol. The lowest BCUT2D eigenvalue weighted by Crippen LogP contribution is -2.31. The number of benzene rings is 1. The van der Waals surface area contributed by atoms with Crippen molar-refractivity contribution in [1.82, 2.24) is 9.97 Å². The summed E-state index contributed by atoms with van der Waals surface area (Å²) < 4.78 is 10.4. The fourth-order valence-electron chi connectivity index (χ4n) is 2.30. The molecule has 1 amide bonds. The van der Waals surface area contributed by atoms with Gasteiger partial charge in [0.25, 0.3) is 0 Å². The van der Waals surface area contributed by atoms with Gasteiger partial charge in [-0.15, -0.1) is 0 Å². The quantitative estimate of drug-likeness (QED) is 0.856. The van der Waals surface area contributed by atoms with Gasteiger partial charge in [-0.05, 0) is 6.07 Å². The maximum atomic E-state index is 12.4. The van der Waals surface area contributed by atoms with Crippen LogP contribution < -0.4 is 19.7 Å².